The summed E-state index contributed by atoms with van der Waals surface area (Å²) in [6, 6.07) is 1.49. The van der Waals surface area contributed by atoms with Crippen LogP contribution in [0.25, 0.3) is 0 Å². The lowest BCUT2D eigenvalue weighted by Crippen LogP contribution is -2.34. The highest BCUT2D eigenvalue weighted by Gasteiger charge is 2.35. The highest BCUT2D eigenvalue weighted by molar-refractivity contribution is 9.10. The zero-order chi connectivity index (χ0) is 12.6. The first-order valence-electron chi connectivity index (χ1n) is 5.46. The van der Waals surface area contributed by atoms with Gasteiger partial charge in [0.25, 0.3) is 0 Å². The van der Waals surface area contributed by atoms with Crippen LogP contribution >= 0.6 is 15.9 Å². The molecule has 1 aliphatic rings. The number of hydrogen-bond donors (Lipinski definition) is 1. The van der Waals surface area contributed by atoms with Crippen LogP contribution in [0.3, 0.4) is 0 Å². The van der Waals surface area contributed by atoms with Gasteiger partial charge in [0.05, 0.1) is 11.6 Å². The molecule has 1 N–H and O–H groups in total. The van der Waals surface area contributed by atoms with Crippen LogP contribution < -0.4 is 10.1 Å². The average molecular weight is 306 g/mol. The maximum Gasteiger partial charge on any atom is 0.191 e. The van der Waals surface area contributed by atoms with E-state index in [2.05, 4.69) is 21.2 Å². The third kappa shape index (κ3) is 2.06. The molecule has 1 aromatic carbocycles. The van der Waals surface area contributed by atoms with Crippen molar-refractivity contribution in [1.82, 2.24) is 5.32 Å². The fraction of sp³-hybridized carbons (Fsp3) is 0.500. The van der Waals surface area contributed by atoms with Gasteiger partial charge in [-0.15, -0.1) is 0 Å². The summed E-state index contributed by atoms with van der Waals surface area (Å²) < 4.78 is 32.8. The fourth-order valence-electron chi connectivity index (χ4n) is 2.29. The molecule has 0 saturated carbocycles. The zero-order valence-electron chi connectivity index (χ0n) is 9.74. The predicted octanol–water partition coefficient (Wildman–Crippen LogP) is 3.33. The topological polar surface area (TPSA) is 21.3 Å². The Bertz CT molecular complexity index is 445. The maximum atomic E-state index is 14.2. The molecule has 0 aromatic heterocycles. The Balaban J connectivity index is 2.58. The van der Waals surface area contributed by atoms with Gasteiger partial charge in [-0.05, 0) is 48.3 Å². The van der Waals surface area contributed by atoms with Crippen LogP contribution in [0.2, 0.25) is 0 Å². The predicted molar refractivity (Wildman–Crippen MR) is 65.2 cm³/mol. The molecule has 0 aliphatic carbocycles. The van der Waals surface area contributed by atoms with E-state index in [0.29, 0.717) is 5.56 Å². The van der Waals surface area contributed by atoms with Crippen molar-refractivity contribution < 1.29 is 13.5 Å². The zero-order valence-corrected chi connectivity index (χ0v) is 11.3. The number of methoxy groups -OCH3 is 1. The molecule has 1 aromatic rings. The van der Waals surface area contributed by atoms with E-state index < -0.39 is 17.2 Å². The van der Waals surface area contributed by atoms with E-state index in [9.17, 15) is 8.78 Å². The summed E-state index contributed by atoms with van der Waals surface area (Å²) in [7, 11) is 1.27. The van der Waals surface area contributed by atoms with E-state index in [4.69, 9.17) is 4.74 Å². The minimum Gasteiger partial charge on any atom is -0.491 e. The third-order valence-electron chi connectivity index (χ3n) is 3.28. The SMILES string of the molecule is COc1c(F)c(Br)cc(C2(C)CCCN2)c1F. The van der Waals surface area contributed by atoms with Gasteiger partial charge in [0.15, 0.2) is 17.4 Å². The molecule has 1 fully saturated rings. The number of benzene rings is 1. The molecule has 1 heterocycles. The Morgan fingerprint density at radius 2 is 2.12 bits per heavy atom. The Hall–Kier alpha value is -0.680. The normalized spacial score (nSPS) is 24.1. The third-order valence-corrected chi connectivity index (χ3v) is 3.86. The van der Waals surface area contributed by atoms with Crippen molar-refractivity contribution in [3.63, 3.8) is 0 Å². The van der Waals surface area contributed by atoms with E-state index in [-0.39, 0.29) is 10.2 Å². The molecule has 17 heavy (non-hydrogen) atoms. The summed E-state index contributed by atoms with van der Waals surface area (Å²) in [4.78, 5) is 0. The first-order chi connectivity index (χ1) is 7.99. The van der Waals surface area contributed by atoms with Crippen LogP contribution in [0.15, 0.2) is 10.5 Å². The van der Waals surface area contributed by atoms with Crippen molar-refractivity contribution in [1.29, 1.82) is 0 Å². The van der Waals surface area contributed by atoms with Crippen LogP contribution in [0, 0.1) is 11.6 Å². The molecule has 0 amide bonds. The lowest BCUT2D eigenvalue weighted by atomic mass is 9.90. The highest BCUT2D eigenvalue weighted by Crippen LogP contribution is 2.39. The first-order valence-corrected chi connectivity index (χ1v) is 6.26. The van der Waals surface area contributed by atoms with E-state index in [0.717, 1.165) is 19.4 Å². The summed E-state index contributed by atoms with van der Waals surface area (Å²) in [5.41, 5.74) is -0.00625. The van der Waals surface area contributed by atoms with Crippen LogP contribution in [0.1, 0.15) is 25.3 Å². The van der Waals surface area contributed by atoms with Crippen LogP contribution in [0.5, 0.6) is 5.75 Å². The van der Waals surface area contributed by atoms with Crippen molar-refractivity contribution in [3.05, 3.63) is 27.7 Å². The Morgan fingerprint density at radius 3 is 2.65 bits per heavy atom. The second-order valence-electron chi connectivity index (χ2n) is 4.43. The second kappa shape index (κ2) is 4.53. The average Bonchev–Trinajstić information content (AvgIpc) is 2.72. The lowest BCUT2D eigenvalue weighted by molar-refractivity contribution is 0.341. The number of halogens is 3. The van der Waals surface area contributed by atoms with Gasteiger partial charge in [-0.1, -0.05) is 0 Å². The van der Waals surface area contributed by atoms with Crippen molar-refractivity contribution in [3.8, 4) is 5.75 Å². The summed E-state index contributed by atoms with van der Waals surface area (Å²) >= 11 is 3.09. The molecule has 2 nitrogen and oxygen atoms in total. The quantitative estimate of drug-likeness (QED) is 0.846. The summed E-state index contributed by atoms with van der Waals surface area (Å²) in [6.45, 7) is 2.76. The van der Waals surface area contributed by atoms with Gasteiger partial charge in [0.2, 0.25) is 0 Å². The van der Waals surface area contributed by atoms with Gasteiger partial charge in [-0.3, -0.25) is 0 Å². The maximum absolute atomic E-state index is 14.2. The number of ether oxygens (including phenoxy) is 1. The van der Waals surface area contributed by atoms with Gasteiger partial charge in [-0.25, -0.2) is 8.78 Å². The Labute approximate surface area is 107 Å². The molecule has 0 radical (unpaired) electrons. The number of rotatable bonds is 2. The molecule has 1 unspecified atom stereocenters. The van der Waals surface area contributed by atoms with Crippen LogP contribution in [-0.2, 0) is 5.54 Å². The van der Waals surface area contributed by atoms with Crippen LogP contribution in [0.4, 0.5) is 8.78 Å². The molecule has 1 aliphatic heterocycles. The lowest BCUT2D eigenvalue weighted by Gasteiger charge is -2.26. The minimum atomic E-state index is -0.699. The largest absolute Gasteiger partial charge is 0.491 e. The molecule has 0 bridgehead atoms. The molecule has 1 saturated heterocycles. The first kappa shape index (κ1) is 12.8. The highest BCUT2D eigenvalue weighted by atomic mass is 79.9. The van der Waals surface area contributed by atoms with Crippen LogP contribution in [-0.4, -0.2) is 13.7 Å². The molecule has 5 heteroatoms. The minimum absolute atomic E-state index is 0.223. The molecular formula is C12H14BrF2NO. The van der Waals surface area contributed by atoms with Crippen molar-refractivity contribution in [2.24, 2.45) is 0 Å². The second-order valence-corrected chi connectivity index (χ2v) is 5.28. The van der Waals surface area contributed by atoms with E-state index >= 15 is 0 Å². The van der Waals surface area contributed by atoms with Crippen molar-refractivity contribution in [2.45, 2.75) is 25.3 Å². The van der Waals surface area contributed by atoms with Gasteiger partial charge < -0.3 is 10.1 Å². The van der Waals surface area contributed by atoms with Gasteiger partial charge in [0, 0.05) is 11.1 Å². The van der Waals surface area contributed by atoms with Gasteiger partial charge in [-0.2, -0.15) is 0 Å². The van der Waals surface area contributed by atoms with Gasteiger partial charge in [0.1, 0.15) is 0 Å². The number of nitrogens with one attached hydrogen (secondary N) is 1. The van der Waals surface area contributed by atoms with Crippen molar-refractivity contribution in [2.75, 3.05) is 13.7 Å². The number of hydrogen-bond acceptors (Lipinski definition) is 2. The molecule has 2 rings (SSSR count). The standard InChI is InChI=1S/C12H14BrF2NO/c1-12(4-3-5-16-12)7-6-8(13)10(15)11(17-2)9(7)14/h6,16H,3-5H2,1-2H3. The summed E-state index contributed by atoms with van der Waals surface area (Å²) in [5.74, 6) is -1.65. The molecule has 94 valence electrons. The van der Waals surface area contributed by atoms with E-state index in [1.165, 1.54) is 13.2 Å². The molecular weight excluding hydrogens is 292 g/mol. The fourth-order valence-corrected chi connectivity index (χ4v) is 2.69. The van der Waals surface area contributed by atoms with Gasteiger partial charge >= 0.3 is 0 Å². The smallest absolute Gasteiger partial charge is 0.191 e. The van der Waals surface area contributed by atoms with E-state index in [1.807, 2.05) is 6.92 Å². The summed E-state index contributed by atoms with van der Waals surface area (Å²) in [6.07, 6.45) is 1.80. The molecule has 0 spiro atoms. The Kier molecular flexibility index (Phi) is 3.41. The van der Waals surface area contributed by atoms with E-state index in [1.54, 1.807) is 0 Å². The Morgan fingerprint density at radius 1 is 1.41 bits per heavy atom. The monoisotopic (exact) mass is 305 g/mol. The molecule has 1 atom stereocenters. The van der Waals surface area contributed by atoms with Crippen molar-refractivity contribution >= 4 is 15.9 Å². The summed E-state index contributed by atoms with van der Waals surface area (Å²) in [5, 5.41) is 3.25.